The number of nitrogens with one attached hydrogen (secondary N) is 1. The zero-order chi connectivity index (χ0) is 22.2. The monoisotopic (exact) mass is 440 g/mol. The van der Waals surface area contributed by atoms with E-state index >= 15 is 0 Å². The number of rotatable bonds is 3. The lowest BCUT2D eigenvalue weighted by Gasteiger charge is -2.24. The number of hydrogen-bond donors (Lipinski definition) is 1. The van der Waals surface area contributed by atoms with Gasteiger partial charge in [-0.25, -0.2) is 23.2 Å². The third kappa shape index (κ3) is 2.68. The Hall–Kier alpha value is -3.96. The number of aryl methyl sites for hydroxylation is 1. The highest BCUT2D eigenvalue weighted by Gasteiger charge is 2.42. The molecule has 1 saturated heterocycles. The first-order chi connectivity index (χ1) is 15.3. The van der Waals surface area contributed by atoms with Crippen molar-refractivity contribution >= 4 is 35.0 Å². The number of nitrogens with zero attached hydrogens (tertiary/aromatic N) is 7. The van der Waals surface area contributed by atoms with Gasteiger partial charge in [0, 0.05) is 44.2 Å². The lowest BCUT2D eigenvalue weighted by molar-refractivity contribution is 0.0119. The lowest BCUT2D eigenvalue weighted by Crippen LogP contribution is -2.32. The fourth-order valence-electron chi connectivity index (χ4n) is 4.27. The first kappa shape index (κ1) is 18.8. The molecule has 3 aliphatic rings. The predicted octanol–water partition coefficient (Wildman–Crippen LogP) is 1.68. The maximum atomic E-state index is 13.6. The summed E-state index contributed by atoms with van der Waals surface area (Å²) in [5, 5.41) is 4.23. The first-order valence-electron chi connectivity index (χ1n) is 10.1. The highest BCUT2D eigenvalue weighted by atomic mass is 19.3. The molecule has 6 heterocycles. The molecule has 0 unspecified atom stereocenters. The molecule has 1 fully saturated rings. The summed E-state index contributed by atoms with van der Waals surface area (Å²) in [6, 6.07) is 5.23. The smallest absolute Gasteiger partial charge is 0.335 e. The minimum atomic E-state index is -2.86. The summed E-state index contributed by atoms with van der Waals surface area (Å²) in [7, 11) is 1.58. The van der Waals surface area contributed by atoms with Crippen molar-refractivity contribution in [2.75, 3.05) is 29.6 Å². The summed E-state index contributed by atoms with van der Waals surface area (Å²) in [5.74, 6) is -1.95. The molecule has 0 radical (unpaired) electrons. The molecule has 0 aromatic carbocycles. The Morgan fingerprint density at radius 1 is 1.25 bits per heavy atom. The molecule has 32 heavy (non-hydrogen) atoms. The second-order valence-corrected chi connectivity index (χ2v) is 8.07. The Labute approximate surface area is 179 Å². The van der Waals surface area contributed by atoms with Crippen molar-refractivity contribution in [3.8, 4) is 0 Å². The van der Waals surface area contributed by atoms with Crippen molar-refractivity contribution in [1.82, 2.24) is 24.1 Å². The number of aromatic nitrogens is 4. The van der Waals surface area contributed by atoms with E-state index in [1.54, 1.807) is 37.7 Å². The van der Waals surface area contributed by atoms with Crippen LogP contribution in [0.25, 0.3) is 5.65 Å². The zero-order valence-electron chi connectivity index (χ0n) is 17.0. The SMILES string of the molecule is Cn1nc2cc(N3CN(C4=CC=N4)c4cc(C(=O)N5CCC(F)(F)C5)[nH]c43)ccn2c1=O. The normalized spacial score (nSPS) is 19.0. The number of H-pyrrole nitrogens is 1. The van der Waals surface area contributed by atoms with E-state index in [2.05, 4.69) is 15.1 Å². The molecule has 3 aromatic heterocycles. The Morgan fingerprint density at radius 3 is 2.75 bits per heavy atom. The van der Waals surface area contributed by atoms with Gasteiger partial charge in [-0.2, -0.15) is 5.10 Å². The summed E-state index contributed by atoms with van der Waals surface area (Å²) in [6.07, 6.45) is 4.84. The molecule has 164 valence electrons. The van der Waals surface area contributed by atoms with Crippen LogP contribution in [0.5, 0.6) is 0 Å². The number of alkyl halides is 2. The van der Waals surface area contributed by atoms with Gasteiger partial charge in [-0.05, 0) is 18.2 Å². The van der Waals surface area contributed by atoms with Crippen LogP contribution in [0.2, 0.25) is 0 Å². The molecular formula is C20H18F2N8O2. The van der Waals surface area contributed by atoms with E-state index < -0.39 is 18.4 Å². The number of likely N-dealkylation sites (tertiary alicyclic amines) is 1. The first-order valence-corrected chi connectivity index (χ1v) is 10.1. The fraction of sp³-hybridized carbons (Fsp3) is 0.300. The van der Waals surface area contributed by atoms with Gasteiger partial charge in [-0.15, -0.1) is 0 Å². The van der Waals surface area contributed by atoms with Gasteiger partial charge in [-0.1, -0.05) is 0 Å². The molecule has 12 heteroatoms. The zero-order valence-corrected chi connectivity index (χ0v) is 17.0. The number of allylic oxidation sites excluding steroid dienone is 1. The summed E-state index contributed by atoms with van der Waals surface area (Å²) in [5.41, 5.74) is 1.95. The number of anilines is 3. The van der Waals surface area contributed by atoms with E-state index in [1.165, 1.54) is 14.0 Å². The average Bonchev–Trinajstić information content (AvgIpc) is 3.44. The van der Waals surface area contributed by atoms with Crippen molar-refractivity contribution < 1.29 is 13.6 Å². The average molecular weight is 440 g/mol. The molecule has 0 saturated carbocycles. The quantitative estimate of drug-likeness (QED) is 0.669. The highest BCUT2D eigenvalue weighted by molar-refractivity contribution is 5.98. The van der Waals surface area contributed by atoms with Gasteiger partial charge >= 0.3 is 5.69 Å². The van der Waals surface area contributed by atoms with Crippen LogP contribution in [0, 0.1) is 0 Å². The summed E-state index contributed by atoms with van der Waals surface area (Å²) >= 11 is 0. The number of aromatic amines is 1. The number of halogens is 2. The molecule has 1 N–H and O–H groups in total. The summed E-state index contributed by atoms with van der Waals surface area (Å²) in [6.45, 7) is -0.138. The highest BCUT2D eigenvalue weighted by Crippen LogP contribution is 2.43. The van der Waals surface area contributed by atoms with E-state index in [-0.39, 0.29) is 24.3 Å². The molecule has 0 aliphatic carbocycles. The second kappa shape index (κ2) is 6.28. The Kier molecular flexibility index (Phi) is 3.68. The number of pyridine rings is 1. The van der Waals surface area contributed by atoms with Crippen LogP contribution in [-0.4, -0.2) is 61.9 Å². The molecule has 3 aliphatic heterocycles. The Balaban J connectivity index is 1.39. The van der Waals surface area contributed by atoms with Gasteiger partial charge in [0.05, 0.1) is 12.2 Å². The lowest BCUT2D eigenvalue weighted by atomic mass is 10.3. The van der Waals surface area contributed by atoms with E-state index in [0.29, 0.717) is 18.1 Å². The van der Waals surface area contributed by atoms with Gasteiger partial charge in [0.25, 0.3) is 11.8 Å². The minimum Gasteiger partial charge on any atom is -0.335 e. The molecule has 0 spiro atoms. The van der Waals surface area contributed by atoms with E-state index in [9.17, 15) is 18.4 Å². The Bertz CT molecular complexity index is 1400. The number of carbonyl (C=O) groups is 1. The number of fused-ring (bicyclic) bond motifs is 2. The Morgan fingerprint density at radius 2 is 2.06 bits per heavy atom. The second-order valence-electron chi connectivity index (χ2n) is 8.07. The molecule has 0 bridgehead atoms. The molecule has 0 atom stereocenters. The van der Waals surface area contributed by atoms with E-state index in [0.717, 1.165) is 17.2 Å². The molecular weight excluding hydrogens is 422 g/mol. The number of aliphatic imine (C=N–C) groups is 1. The van der Waals surface area contributed by atoms with Crippen molar-refractivity contribution in [1.29, 1.82) is 0 Å². The molecule has 1 amide bonds. The topological polar surface area (TPSA) is 94.2 Å². The number of amides is 1. The van der Waals surface area contributed by atoms with Crippen LogP contribution in [0.4, 0.5) is 26.0 Å². The maximum Gasteiger partial charge on any atom is 0.350 e. The summed E-state index contributed by atoms with van der Waals surface area (Å²) in [4.78, 5) is 37.4. The van der Waals surface area contributed by atoms with Gasteiger partial charge in [-0.3, -0.25) is 9.20 Å². The van der Waals surface area contributed by atoms with Crippen LogP contribution in [0.1, 0.15) is 16.9 Å². The van der Waals surface area contributed by atoms with Gasteiger partial charge in [0.2, 0.25) is 0 Å². The fourth-order valence-corrected chi connectivity index (χ4v) is 4.27. The van der Waals surface area contributed by atoms with Crippen molar-refractivity contribution in [3.63, 3.8) is 0 Å². The van der Waals surface area contributed by atoms with Crippen LogP contribution in [0.15, 0.2) is 46.1 Å². The van der Waals surface area contributed by atoms with Crippen molar-refractivity contribution in [2.24, 2.45) is 12.0 Å². The standard InChI is InChI=1S/C20H18F2N8O2/c1-26-19(32)28-6-3-12(8-16(28)25-26)29-11-30(15-2-5-23-15)14-9-13(24-17(14)29)18(31)27-7-4-20(21,22)10-27/h2-3,5-6,8-9,24H,4,7,10-11H2,1H3. The van der Waals surface area contributed by atoms with Crippen LogP contribution >= 0.6 is 0 Å². The molecule has 3 aromatic rings. The predicted molar refractivity (Wildman–Crippen MR) is 113 cm³/mol. The van der Waals surface area contributed by atoms with E-state index in [1.807, 2.05) is 15.9 Å². The summed E-state index contributed by atoms with van der Waals surface area (Å²) < 4.78 is 29.9. The number of carbonyl (C=O) groups excluding carboxylic acids is 1. The van der Waals surface area contributed by atoms with Crippen LogP contribution < -0.4 is 15.5 Å². The van der Waals surface area contributed by atoms with Gasteiger partial charge < -0.3 is 19.7 Å². The molecule has 10 nitrogen and oxygen atoms in total. The third-order valence-electron chi connectivity index (χ3n) is 5.98. The van der Waals surface area contributed by atoms with Crippen LogP contribution in [0.3, 0.4) is 0 Å². The number of hydrogen-bond acceptors (Lipinski definition) is 6. The maximum absolute atomic E-state index is 13.6. The minimum absolute atomic E-state index is 0.0174. The van der Waals surface area contributed by atoms with Gasteiger partial charge in [0.1, 0.15) is 24.0 Å². The van der Waals surface area contributed by atoms with Crippen LogP contribution in [-0.2, 0) is 7.05 Å². The molecule has 6 rings (SSSR count). The van der Waals surface area contributed by atoms with Gasteiger partial charge in [0.15, 0.2) is 5.65 Å². The third-order valence-corrected chi connectivity index (χ3v) is 5.98. The van der Waals surface area contributed by atoms with Crippen molar-refractivity contribution in [2.45, 2.75) is 12.3 Å². The van der Waals surface area contributed by atoms with E-state index in [4.69, 9.17) is 0 Å². The van der Waals surface area contributed by atoms with Crippen molar-refractivity contribution in [3.05, 3.63) is 52.5 Å². The largest absolute Gasteiger partial charge is 0.350 e.